The predicted molar refractivity (Wildman–Crippen MR) is 53.9 cm³/mol. The van der Waals surface area contributed by atoms with Crippen LogP contribution >= 0.6 is 24.2 Å². The molecule has 0 nitrogen and oxygen atoms in total. The highest BCUT2D eigenvalue weighted by atomic mass is 35.5. The smallest absolute Gasteiger partial charge is 0.171 e. The number of benzene rings is 1. The van der Waals surface area contributed by atoms with Crippen LogP contribution in [0.2, 0.25) is 5.02 Å². The summed E-state index contributed by atoms with van der Waals surface area (Å²) in [6.45, 7) is 1.75. The standard InChI is InChI=1S/C9H8ClF3S/c1-5(14)7-3-2-6(4-8(7)10)9(11,12)13/h2-5,14H,1H3. The van der Waals surface area contributed by atoms with Gasteiger partial charge >= 0.3 is 6.18 Å². The molecule has 0 spiro atoms. The Hall–Kier alpha value is -0.350. The number of alkyl halides is 3. The lowest BCUT2D eigenvalue weighted by molar-refractivity contribution is -0.137. The van der Waals surface area contributed by atoms with Crippen LogP contribution in [-0.4, -0.2) is 0 Å². The highest BCUT2D eigenvalue weighted by molar-refractivity contribution is 7.80. The van der Waals surface area contributed by atoms with Crippen LogP contribution in [0.4, 0.5) is 13.2 Å². The number of rotatable bonds is 1. The molecule has 0 radical (unpaired) electrons. The summed E-state index contributed by atoms with van der Waals surface area (Å²) in [6.07, 6.45) is -4.35. The van der Waals surface area contributed by atoms with Crippen molar-refractivity contribution in [2.75, 3.05) is 0 Å². The fourth-order valence-electron chi connectivity index (χ4n) is 1.04. The van der Waals surface area contributed by atoms with E-state index < -0.39 is 11.7 Å². The number of thiol groups is 1. The Morgan fingerprint density at radius 3 is 2.29 bits per heavy atom. The quantitative estimate of drug-likeness (QED) is 0.694. The number of hydrogen-bond donors (Lipinski definition) is 1. The van der Waals surface area contributed by atoms with E-state index in [4.69, 9.17) is 11.6 Å². The first-order chi connectivity index (χ1) is 6.32. The highest BCUT2D eigenvalue weighted by Crippen LogP contribution is 2.34. The van der Waals surface area contributed by atoms with Gasteiger partial charge in [-0.25, -0.2) is 0 Å². The van der Waals surface area contributed by atoms with Gasteiger partial charge in [-0.3, -0.25) is 0 Å². The molecule has 0 saturated carbocycles. The molecule has 0 heterocycles. The molecular formula is C9H8ClF3S. The monoisotopic (exact) mass is 240 g/mol. The average Bonchev–Trinajstić information content (AvgIpc) is 2.01. The van der Waals surface area contributed by atoms with E-state index in [9.17, 15) is 13.2 Å². The van der Waals surface area contributed by atoms with Gasteiger partial charge in [0, 0.05) is 10.3 Å². The van der Waals surface area contributed by atoms with Crippen LogP contribution in [0.25, 0.3) is 0 Å². The lowest BCUT2D eigenvalue weighted by Crippen LogP contribution is -2.05. The maximum Gasteiger partial charge on any atom is 0.416 e. The van der Waals surface area contributed by atoms with E-state index in [0.717, 1.165) is 12.1 Å². The first-order valence-electron chi connectivity index (χ1n) is 3.87. The van der Waals surface area contributed by atoms with E-state index >= 15 is 0 Å². The third-order valence-electron chi connectivity index (χ3n) is 1.78. The molecule has 14 heavy (non-hydrogen) atoms. The first kappa shape index (κ1) is 11.7. The molecule has 0 aromatic heterocycles. The Labute approximate surface area is 90.5 Å². The zero-order chi connectivity index (χ0) is 10.9. The zero-order valence-electron chi connectivity index (χ0n) is 7.27. The Morgan fingerprint density at radius 2 is 1.93 bits per heavy atom. The average molecular weight is 241 g/mol. The van der Waals surface area contributed by atoms with Crippen LogP contribution in [0.1, 0.15) is 23.3 Å². The molecule has 1 unspecified atom stereocenters. The molecule has 0 aliphatic rings. The Morgan fingerprint density at radius 1 is 1.36 bits per heavy atom. The SMILES string of the molecule is CC(S)c1ccc(C(F)(F)F)cc1Cl. The summed E-state index contributed by atoms with van der Waals surface area (Å²) in [5.74, 6) is 0. The molecule has 1 aromatic rings. The molecule has 1 atom stereocenters. The van der Waals surface area contributed by atoms with Gasteiger partial charge in [0.15, 0.2) is 0 Å². The van der Waals surface area contributed by atoms with Crippen molar-refractivity contribution in [3.63, 3.8) is 0 Å². The van der Waals surface area contributed by atoms with Crippen molar-refractivity contribution in [2.45, 2.75) is 18.3 Å². The molecule has 1 rings (SSSR count). The number of halogens is 4. The van der Waals surface area contributed by atoms with E-state index in [1.165, 1.54) is 6.07 Å². The van der Waals surface area contributed by atoms with E-state index in [1.54, 1.807) is 6.92 Å². The Kier molecular flexibility index (Phi) is 3.37. The van der Waals surface area contributed by atoms with Gasteiger partial charge in [-0.2, -0.15) is 25.8 Å². The van der Waals surface area contributed by atoms with Crippen LogP contribution in [0.3, 0.4) is 0 Å². The van der Waals surface area contributed by atoms with E-state index in [-0.39, 0.29) is 10.3 Å². The molecule has 1 aromatic carbocycles. The topological polar surface area (TPSA) is 0 Å². The van der Waals surface area contributed by atoms with Crippen LogP contribution in [-0.2, 0) is 6.18 Å². The second-order valence-corrected chi connectivity index (χ2v) is 4.09. The highest BCUT2D eigenvalue weighted by Gasteiger charge is 2.30. The van der Waals surface area contributed by atoms with Crippen molar-refractivity contribution in [3.8, 4) is 0 Å². The summed E-state index contributed by atoms with van der Waals surface area (Å²) in [5.41, 5.74) is -0.136. The summed E-state index contributed by atoms with van der Waals surface area (Å²) >= 11 is 9.78. The van der Waals surface area contributed by atoms with Crippen molar-refractivity contribution >= 4 is 24.2 Å². The molecular weight excluding hydrogens is 233 g/mol. The van der Waals surface area contributed by atoms with Gasteiger partial charge in [-0.05, 0) is 24.6 Å². The fourth-order valence-corrected chi connectivity index (χ4v) is 1.69. The van der Waals surface area contributed by atoms with Crippen LogP contribution in [0, 0.1) is 0 Å². The van der Waals surface area contributed by atoms with E-state index in [2.05, 4.69) is 12.6 Å². The van der Waals surface area contributed by atoms with Crippen molar-refractivity contribution in [1.29, 1.82) is 0 Å². The lowest BCUT2D eigenvalue weighted by atomic mass is 10.1. The van der Waals surface area contributed by atoms with Gasteiger partial charge in [0.1, 0.15) is 0 Å². The Balaban J connectivity index is 3.13. The fraction of sp³-hybridized carbons (Fsp3) is 0.333. The molecule has 0 aliphatic heterocycles. The minimum absolute atomic E-state index is 0.0994. The van der Waals surface area contributed by atoms with Crippen LogP contribution < -0.4 is 0 Å². The minimum atomic E-state index is -4.35. The summed E-state index contributed by atoms with van der Waals surface area (Å²) in [7, 11) is 0. The van der Waals surface area contributed by atoms with Crippen molar-refractivity contribution in [2.24, 2.45) is 0 Å². The molecule has 0 aliphatic carbocycles. The molecule has 0 saturated heterocycles. The van der Waals surface area contributed by atoms with Gasteiger partial charge in [0.2, 0.25) is 0 Å². The third-order valence-corrected chi connectivity index (χ3v) is 2.38. The van der Waals surface area contributed by atoms with Crippen LogP contribution in [0.15, 0.2) is 18.2 Å². The molecule has 0 N–H and O–H groups in total. The maximum atomic E-state index is 12.2. The predicted octanol–water partition coefficient (Wildman–Crippen LogP) is 4.35. The van der Waals surface area contributed by atoms with Gasteiger partial charge < -0.3 is 0 Å². The van der Waals surface area contributed by atoms with Crippen LogP contribution in [0.5, 0.6) is 0 Å². The largest absolute Gasteiger partial charge is 0.416 e. The van der Waals surface area contributed by atoms with Crippen molar-refractivity contribution in [3.05, 3.63) is 34.3 Å². The second kappa shape index (κ2) is 4.03. The molecule has 0 amide bonds. The minimum Gasteiger partial charge on any atom is -0.171 e. The summed E-state index contributed by atoms with van der Waals surface area (Å²) in [5, 5.41) is -0.0768. The molecule has 0 bridgehead atoms. The summed E-state index contributed by atoms with van der Waals surface area (Å²) in [6, 6.07) is 3.28. The van der Waals surface area contributed by atoms with Gasteiger partial charge in [-0.1, -0.05) is 17.7 Å². The van der Waals surface area contributed by atoms with Gasteiger partial charge in [0.05, 0.1) is 5.56 Å². The molecule has 5 heteroatoms. The van der Waals surface area contributed by atoms with E-state index in [1.807, 2.05) is 0 Å². The Bertz CT molecular complexity index is 333. The summed E-state index contributed by atoms with van der Waals surface area (Å²) < 4.78 is 36.7. The van der Waals surface area contributed by atoms with E-state index in [0.29, 0.717) is 5.56 Å². The zero-order valence-corrected chi connectivity index (χ0v) is 8.92. The van der Waals surface area contributed by atoms with Crippen molar-refractivity contribution < 1.29 is 13.2 Å². The molecule has 78 valence electrons. The normalized spacial score (nSPS) is 14.1. The van der Waals surface area contributed by atoms with Gasteiger partial charge in [0.25, 0.3) is 0 Å². The van der Waals surface area contributed by atoms with Crippen molar-refractivity contribution in [1.82, 2.24) is 0 Å². The lowest BCUT2D eigenvalue weighted by Gasteiger charge is -2.11. The first-order valence-corrected chi connectivity index (χ1v) is 4.76. The second-order valence-electron chi connectivity index (χ2n) is 2.91. The number of hydrogen-bond acceptors (Lipinski definition) is 1. The summed E-state index contributed by atoms with van der Waals surface area (Å²) in [4.78, 5) is 0. The third kappa shape index (κ3) is 2.58. The molecule has 0 fully saturated rings. The van der Waals surface area contributed by atoms with Gasteiger partial charge in [-0.15, -0.1) is 0 Å². The maximum absolute atomic E-state index is 12.2.